The first-order valence-corrected chi connectivity index (χ1v) is 8.34. The predicted molar refractivity (Wildman–Crippen MR) is 85.1 cm³/mol. The highest BCUT2D eigenvalue weighted by atomic mass is 19.1. The Balaban J connectivity index is 1.57. The lowest BCUT2D eigenvalue weighted by atomic mass is 9.87. The standard InChI is InChI=1S/C18H24FNO3/c1-22-15-6-7-18-16(12-15)20(10-11-23-18)9-8-17(21)13-2-4-14(19)5-3-13/h2-5,15-16,18H,6-12H2,1H3/t15-,16+,18+/m1/s1. The van der Waals surface area contributed by atoms with E-state index >= 15 is 0 Å². The van der Waals surface area contributed by atoms with Gasteiger partial charge in [-0.25, -0.2) is 4.39 Å². The summed E-state index contributed by atoms with van der Waals surface area (Å²) in [7, 11) is 1.76. The number of hydrogen-bond acceptors (Lipinski definition) is 4. The lowest BCUT2D eigenvalue weighted by Crippen LogP contribution is -2.55. The zero-order valence-corrected chi connectivity index (χ0v) is 13.5. The molecule has 3 rings (SSSR count). The number of rotatable bonds is 5. The van der Waals surface area contributed by atoms with Crippen molar-refractivity contribution in [1.29, 1.82) is 0 Å². The number of benzene rings is 1. The summed E-state index contributed by atoms with van der Waals surface area (Å²) < 4.78 is 24.3. The highest BCUT2D eigenvalue weighted by molar-refractivity contribution is 5.96. The van der Waals surface area contributed by atoms with Gasteiger partial charge >= 0.3 is 0 Å². The smallest absolute Gasteiger partial charge is 0.164 e. The summed E-state index contributed by atoms with van der Waals surface area (Å²) in [4.78, 5) is 14.6. The second kappa shape index (κ2) is 7.51. The van der Waals surface area contributed by atoms with Crippen molar-refractivity contribution < 1.29 is 18.7 Å². The molecule has 1 aliphatic carbocycles. The Labute approximate surface area is 136 Å². The van der Waals surface area contributed by atoms with Gasteiger partial charge in [0, 0.05) is 38.2 Å². The molecule has 126 valence electrons. The van der Waals surface area contributed by atoms with E-state index in [-0.39, 0.29) is 23.8 Å². The molecule has 1 saturated heterocycles. The highest BCUT2D eigenvalue weighted by Gasteiger charge is 2.37. The average molecular weight is 321 g/mol. The van der Waals surface area contributed by atoms with Gasteiger partial charge in [0.2, 0.25) is 0 Å². The summed E-state index contributed by atoms with van der Waals surface area (Å²) >= 11 is 0. The molecule has 4 nitrogen and oxygen atoms in total. The first kappa shape index (κ1) is 16.6. The third-order valence-electron chi connectivity index (χ3n) is 5.01. The maximum atomic E-state index is 12.9. The molecule has 0 radical (unpaired) electrons. The van der Waals surface area contributed by atoms with Crippen LogP contribution in [0.4, 0.5) is 4.39 Å². The first-order chi connectivity index (χ1) is 11.2. The predicted octanol–water partition coefficient (Wildman–Crippen LogP) is 2.67. The van der Waals surface area contributed by atoms with E-state index in [9.17, 15) is 9.18 Å². The fourth-order valence-electron chi connectivity index (χ4n) is 3.66. The van der Waals surface area contributed by atoms with Crippen molar-refractivity contribution in [3.8, 4) is 0 Å². The lowest BCUT2D eigenvalue weighted by molar-refractivity contribution is -0.112. The number of morpholine rings is 1. The van der Waals surface area contributed by atoms with E-state index in [1.807, 2.05) is 0 Å². The van der Waals surface area contributed by atoms with Gasteiger partial charge in [0.05, 0.1) is 18.8 Å². The minimum atomic E-state index is -0.314. The van der Waals surface area contributed by atoms with Gasteiger partial charge in [-0.15, -0.1) is 0 Å². The minimum absolute atomic E-state index is 0.0622. The maximum Gasteiger partial charge on any atom is 0.164 e. The number of hydrogen-bond donors (Lipinski definition) is 0. The van der Waals surface area contributed by atoms with Crippen LogP contribution < -0.4 is 0 Å². The lowest BCUT2D eigenvalue weighted by Gasteiger charge is -2.45. The summed E-state index contributed by atoms with van der Waals surface area (Å²) in [5.74, 6) is -0.252. The van der Waals surface area contributed by atoms with Crippen LogP contribution in [0, 0.1) is 5.82 Å². The molecule has 5 heteroatoms. The highest BCUT2D eigenvalue weighted by Crippen LogP contribution is 2.30. The molecular weight excluding hydrogens is 297 g/mol. The molecule has 2 aliphatic rings. The second-order valence-electron chi connectivity index (χ2n) is 6.36. The van der Waals surface area contributed by atoms with Gasteiger partial charge in [0.25, 0.3) is 0 Å². The molecule has 1 heterocycles. The molecule has 1 saturated carbocycles. The number of halogens is 1. The minimum Gasteiger partial charge on any atom is -0.381 e. The van der Waals surface area contributed by atoms with Gasteiger partial charge in [-0.1, -0.05) is 0 Å². The second-order valence-corrected chi connectivity index (χ2v) is 6.36. The summed E-state index contributed by atoms with van der Waals surface area (Å²) in [6, 6.07) is 6.12. The molecular formula is C18H24FNO3. The molecule has 1 aromatic rings. The monoisotopic (exact) mass is 321 g/mol. The van der Waals surface area contributed by atoms with E-state index in [1.54, 1.807) is 19.2 Å². The van der Waals surface area contributed by atoms with Gasteiger partial charge in [0.15, 0.2) is 5.78 Å². The van der Waals surface area contributed by atoms with Gasteiger partial charge in [-0.2, -0.15) is 0 Å². The van der Waals surface area contributed by atoms with Crippen LogP contribution in [0.3, 0.4) is 0 Å². The van der Waals surface area contributed by atoms with Gasteiger partial charge in [0.1, 0.15) is 5.82 Å². The molecule has 0 spiro atoms. The number of methoxy groups -OCH3 is 1. The number of ether oxygens (including phenoxy) is 2. The Bertz CT molecular complexity index is 534. The number of carbonyl (C=O) groups is 1. The van der Waals surface area contributed by atoms with Gasteiger partial charge in [-0.3, -0.25) is 9.69 Å². The van der Waals surface area contributed by atoms with Crippen molar-refractivity contribution in [2.24, 2.45) is 0 Å². The van der Waals surface area contributed by atoms with Crippen LogP contribution >= 0.6 is 0 Å². The number of ketones is 1. The molecule has 23 heavy (non-hydrogen) atoms. The number of nitrogens with zero attached hydrogens (tertiary/aromatic N) is 1. The van der Waals surface area contributed by atoms with E-state index in [0.717, 1.165) is 39.0 Å². The van der Waals surface area contributed by atoms with E-state index in [4.69, 9.17) is 9.47 Å². The quantitative estimate of drug-likeness (QED) is 0.782. The van der Waals surface area contributed by atoms with E-state index in [0.29, 0.717) is 18.0 Å². The Morgan fingerprint density at radius 3 is 2.87 bits per heavy atom. The maximum absolute atomic E-state index is 12.9. The van der Waals surface area contributed by atoms with Crippen molar-refractivity contribution in [3.05, 3.63) is 35.6 Å². The fourth-order valence-corrected chi connectivity index (χ4v) is 3.66. The van der Waals surface area contributed by atoms with E-state index < -0.39 is 0 Å². The molecule has 1 aliphatic heterocycles. The van der Waals surface area contributed by atoms with Crippen LogP contribution in [0.2, 0.25) is 0 Å². The Hall–Kier alpha value is -1.30. The molecule has 0 N–H and O–H groups in total. The van der Waals surface area contributed by atoms with Gasteiger partial charge in [-0.05, 0) is 43.5 Å². The zero-order chi connectivity index (χ0) is 16.2. The van der Waals surface area contributed by atoms with Crippen molar-refractivity contribution in [3.63, 3.8) is 0 Å². The first-order valence-electron chi connectivity index (χ1n) is 8.34. The summed E-state index contributed by atoms with van der Waals surface area (Å²) in [6.45, 7) is 2.30. The normalized spacial score (nSPS) is 28.3. The number of carbonyl (C=O) groups excluding carboxylic acids is 1. The van der Waals surface area contributed by atoms with Crippen LogP contribution in [0.15, 0.2) is 24.3 Å². The van der Waals surface area contributed by atoms with Crippen molar-refractivity contribution in [2.45, 2.75) is 43.9 Å². The van der Waals surface area contributed by atoms with Crippen LogP contribution in [-0.2, 0) is 9.47 Å². The van der Waals surface area contributed by atoms with Crippen molar-refractivity contribution >= 4 is 5.78 Å². The summed E-state index contributed by atoms with van der Waals surface area (Å²) in [5, 5.41) is 0. The fraction of sp³-hybridized carbons (Fsp3) is 0.611. The SMILES string of the molecule is CO[C@@H]1CC[C@@H]2OCCN(CCC(=O)c3ccc(F)cc3)[C@H]2C1. The molecule has 0 amide bonds. The molecule has 1 aromatic carbocycles. The van der Waals surface area contributed by atoms with Crippen LogP contribution in [-0.4, -0.2) is 55.7 Å². The van der Waals surface area contributed by atoms with Crippen LogP contribution in [0.5, 0.6) is 0 Å². The van der Waals surface area contributed by atoms with Crippen molar-refractivity contribution in [2.75, 3.05) is 26.8 Å². The van der Waals surface area contributed by atoms with E-state index in [1.165, 1.54) is 12.1 Å². The molecule has 0 bridgehead atoms. The van der Waals surface area contributed by atoms with Gasteiger partial charge < -0.3 is 9.47 Å². The summed E-state index contributed by atoms with van der Waals surface area (Å²) in [5.41, 5.74) is 0.578. The largest absolute Gasteiger partial charge is 0.381 e. The molecule has 0 aromatic heterocycles. The Morgan fingerprint density at radius 2 is 2.13 bits per heavy atom. The molecule has 0 unspecified atom stereocenters. The topological polar surface area (TPSA) is 38.8 Å². The van der Waals surface area contributed by atoms with Crippen molar-refractivity contribution in [1.82, 2.24) is 4.90 Å². The van der Waals surface area contributed by atoms with E-state index in [2.05, 4.69) is 4.90 Å². The molecule has 2 fully saturated rings. The van der Waals surface area contributed by atoms with Crippen LogP contribution in [0.1, 0.15) is 36.0 Å². The third-order valence-corrected chi connectivity index (χ3v) is 5.01. The summed E-state index contributed by atoms with van der Waals surface area (Å²) in [6.07, 6.45) is 4.02. The average Bonchev–Trinajstić information content (AvgIpc) is 2.59. The third kappa shape index (κ3) is 3.97. The number of Topliss-reactive ketones (excluding diaryl/α,β-unsaturated/α-hetero) is 1. The zero-order valence-electron chi connectivity index (χ0n) is 13.5. The number of fused-ring (bicyclic) bond motifs is 1. The Kier molecular flexibility index (Phi) is 5.41. The van der Waals surface area contributed by atoms with Crippen LogP contribution in [0.25, 0.3) is 0 Å². The molecule has 3 atom stereocenters. The Morgan fingerprint density at radius 1 is 1.35 bits per heavy atom.